The van der Waals surface area contributed by atoms with Crippen molar-refractivity contribution in [2.75, 3.05) is 0 Å². The summed E-state index contributed by atoms with van der Waals surface area (Å²) in [6, 6.07) is 26.2. The molecule has 186 valence electrons. The summed E-state index contributed by atoms with van der Waals surface area (Å²) in [5.74, 6) is -0.338. The first-order chi connectivity index (χ1) is 18.4. The highest BCUT2D eigenvalue weighted by Crippen LogP contribution is 2.25. The van der Waals surface area contributed by atoms with Crippen LogP contribution >= 0.6 is 15.9 Å². The maximum atomic E-state index is 13.4. The summed E-state index contributed by atoms with van der Waals surface area (Å²) in [5.41, 5.74) is 0.905. The molecule has 0 N–H and O–H groups in total. The number of fused-ring (bicyclic) bond motifs is 1. The van der Waals surface area contributed by atoms with Crippen molar-refractivity contribution in [3.8, 4) is 17.1 Å². The van der Waals surface area contributed by atoms with E-state index in [0.717, 1.165) is 9.15 Å². The third kappa shape index (κ3) is 5.11. The zero-order valence-electron chi connectivity index (χ0n) is 19.5. The van der Waals surface area contributed by atoms with Gasteiger partial charge in [-0.15, -0.1) is 0 Å². The molecule has 10 heteroatoms. The van der Waals surface area contributed by atoms with Crippen molar-refractivity contribution in [3.05, 3.63) is 133 Å². The van der Waals surface area contributed by atoms with Crippen LogP contribution in [0.1, 0.15) is 15.9 Å². The Morgan fingerprint density at radius 1 is 0.974 bits per heavy atom. The summed E-state index contributed by atoms with van der Waals surface area (Å²) in [5, 5.41) is 16.1. The van der Waals surface area contributed by atoms with Crippen LogP contribution in [0, 0.1) is 10.1 Å². The van der Waals surface area contributed by atoms with E-state index < -0.39 is 16.5 Å². The maximum Gasteiger partial charge on any atom is 0.343 e. The number of rotatable bonds is 6. The van der Waals surface area contributed by atoms with Gasteiger partial charge in [0.2, 0.25) is 0 Å². The van der Waals surface area contributed by atoms with Crippen LogP contribution in [0.5, 0.6) is 5.75 Å². The summed E-state index contributed by atoms with van der Waals surface area (Å²) in [6.07, 6.45) is 1.24. The summed E-state index contributed by atoms with van der Waals surface area (Å²) in [6.45, 7) is 0. The third-order valence-electron chi connectivity index (χ3n) is 5.58. The highest BCUT2D eigenvalue weighted by Gasteiger charge is 2.16. The molecule has 0 amide bonds. The Hall–Kier alpha value is -4.96. The number of para-hydroxylation sites is 1. The summed E-state index contributed by atoms with van der Waals surface area (Å²) in [7, 11) is 0. The van der Waals surface area contributed by atoms with E-state index in [1.807, 2.05) is 18.2 Å². The van der Waals surface area contributed by atoms with Crippen molar-refractivity contribution in [2.45, 2.75) is 0 Å². The Balaban J connectivity index is 1.61. The van der Waals surface area contributed by atoms with Gasteiger partial charge in [0.1, 0.15) is 5.75 Å². The lowest BCUT2D eigenvalue weighted by Gasteiger charge is -2.10. The van der Waals surface area contributed by atoms with Crippen molar-refractivity contribution in [1.82, 2.24) is 9.66 Å². The van der Waals surface area contributed by atoms with Gasteiger partial charge in [-0.05, 0) is 42.5 Å². The number of carbonyl (C=O) groups excluding carboxylic acids is 1. The molecule has 0 saturated carbocycles. The van der Waals surface area contributed by atoms with E-state index in [9.17, 15) is 19.7 Å². The van der Waals surface area contributed by atoms with Gasteiger partial charge in [-0.2, -0.15) is 9.78 Å². The Bertz CT molecular complexity index is 1770. The van der Waals surface area contributed by atoms with E-state index in [1.54, 1.807) is 60.7 Å². The zero-order chi connectivity index (χ0) is 26.6. The van der Waals surface area contributed by atoms with Crippen molar-refractivity contribution in [3.63, 3.8) is 0 Å². The Labute approximate surface area is 223 Å². The first-order valence-corrected chi connectivity index (χ1v) is 12.1. The summed E-state index contributed by atoms with van der Waals surface area (Å²) >= 11 is 3.31. The normalized spacial score (nSPS) is 11.1. The highest BCUT2D eigenvalue weighted by atomic mass is 79.9. The summed E-state index contributed by atoms with van der Waals surface area (Å²) < 4.78 is 7.45. The van der Waals surface area contributed by atoms with Gasteiger partial charge >= 0.3 is 5.97 Å². The molecule has 0 aliphatic heterocycles. The Morgan fingerprint density at radius 3 is 2.42 bits per heavy atom. The van der Waals surface area contributed by atoms with Gasteiger partial charge in [0.25, 0.3) is 11.2 Å². The molecule has 5 rings (SSSR count). The monoisotopic (exact) mass is 568 g/mol. The number of halogens is 1. The molecule has 5 aromatic rings. The second-order valence-electron chi connectivity index (χ2n) is 8.06. The second kappa shape index (κ2) is 10.6. The molecule has 38 heavy (non-hydrogen) atoms. The van der Waals surface area contributed by atoms with Gasteiger partial charge < -0.3 is 4.74 Å². The topological polar surface area (TPSA) is 117 Å². The summed E-state index contributed by atoms with van der Waals surface area (Å²) in [4.78, 5) is 41.6. The minimum Gasteiger partial charge on any atom is -0.422 e. The fourth-order valence-electron chi connectivity index (χ4n) is 3.71. The van der Waals surface area contributed by atoms with Crippen LogP contribution in [0.4, 0.5) is 5.69 Å². The number of aromatic nitrogens is 2. The lowest BCUT2D eigenvalue weighted by Crippen LogP contribution is -2.20. The number of ether oxygens (including phenoxy) is 1. The van der Waals surface area contributed by atoms with Crippen LogP contribution < -0.4 is 10.3 Å². The van der Waals surface area contributed by atoms with E-state index in [1.165, 1.54) is 24.4 Å². The van der Waals surface area contributed by atoms with Gasteiger partial charge in [0.05, 0.1) is 27.6 Å². The fourth-order valence-corrected chi connectivity index (χ4v) is 3.98. The predicted octanol–water partition coefficient (Wildman–Crippen LogP) is 5.84. The molecule has 0 spiro atoms. The molecule has 0 bridgehead atoms. The lowest BCUT2D eigenvalue weighted by molar-refractivity contribution is -0.384. The van der Waals surface area contributed by atoms with Gasteiger partial charge in [0, 0.05) is 27.7 Å². The molecule has 0 unspecified atom stereocenters. The van der Waals surface area contributed by atoms with E-state index in [2.05, 4.69) is 26.0 Å². The quantitative estimate of drug-likeness (QED) is 0.0835. The number of nitro groups is 1. The number of nitrogens with zero attached hydrogens (tertiary/aromatic N) is 4. The van der Waals surface area contributed by atoms with Crippen LogP contribution in [0.3, 0.4) is 0 Å². The Morgan fingerprint density at radius 2 is 1.68 bits per heavy atom. The van der Waals surface area contributed by atoms with E-state index in [-0.39, 0.29) is 28.4 Å². The van der Waals surface area contributed by atoms with Crippen LogP contribution in [0.2, 0.25) is 0 Å². The third-order valence-corrected chi connectivity index (χ3v) is 6.11. The molecule has 0 saturated heterocycles. The number of non-ortho nitro benzene ring substituents is 1. The predicted molar refractivity (Wildman–Crippen MR) is 147 cm³/mol. The van der Waals surface area contributed by atoms with Crippen molar-refractivity contribution < 1.29 is 14.5 Å². The number of hydrogen-bond donors (Lipinski definition) is 0. The maximum absolute atomic E-state index is 13.4. The second-order valence-corrected chi connectivity index (χ2v) is 8.97. The van der Waals surface area contributed by atoms with Crippen LogP contribution in [0.15, 0.2) is 111 Å². The van der Waals surface area contributed by atoms with Crippen LogP contribution in [-0.2, 0) is 0 Å². The number of benzene rings is 4. The number of carbonyl (C=O) groups is 1. The van der Waals surface area contributed by atoms with Crippen LogP contribution in [0.25, 0.3) is 22.3 Å². The van der Waals surface area contributed by atoms with Gasteiger partial charge in [-0.1, -0.05) is 58.4 Å². The molecule has 0 fully saturated rings. The molecule has 0 radical (unpaired) electrons. The average Bonchev–Trinajstić information content (AvgIpc) is 2.93. The molecule has 1 aromatic heterocycles. The van der Waals surface area contributed by atoms with E-state index in [4.69, 9.17) is 4.74 Å². The first kappa shape index (κ1) is 24.7. The minimum absolute atomic E-state index is 0.0373. The molecule has 9 nitrogen and oxygen atoms in total. The smallest absolute Gasteiger partial charge is 0.343 e. The highest BCUT2D eigenvalue weighted by molar-refractivity contribution is 9.10. The standard InChI is InChI=1S/C28H17BrN4O5/c29-21-12-10-19(11-13-21)28(35)38-25-15-14-22(33(36)37)16-20(25)17-30-32-26(18-6-2-1-3-7-18)31-24-9-5-4-8-23(24)27(32)34/h1-17H. The minimum atomic E-state index is -0.657. The molecule has 1 heterocycles. The zero-order valence-corrected chi connectivity index (χ0v) is 21.1. The van der Waals surface area contributed by atoms with Gasteiger partial charge in [-0.3, -0.25) is 14.9 Å². The molecule has 4 aromatic carbocycles. The van der Waals surface area contributed by atoms with Gasteiger partial charge in [-0.25, -0.2) is 9.78 Å². The molecule has 0 aliphatic carbocycles. The van der Waals surface area contributed by atoms with Crippen molar-refractivity contribution in [1.29, 1.82) is 0 Å². The SMILES string of the molecule is O=C(Oc1ccc([N+](=O)[O-])cc1C=Nn1c(-c2ccccc2)nc2ccccc2c1=O)c1ccc(Br)cc1. The average molecular weight is 569 g/mol. The number of nitro benzene ring substituents is 1. The number of esters is 1. The molecule has 0 atom stereocenters. The number of hydrogen-bond acceptors (Lipinski definition) is 7. The first-order valence-electron chi connectivity index (χ1n) is 11.3. The molecular formula is C28H17BrN4O5. The van der Waals surface area contributed by atoms with Crippen LogP contribution in [-0.4, -0.2) is 26.8 Å². The Kier molecular flexibility index (Phi) is 6.88. The lowest BCUT2D eigenvalue weighted by atomic mass is 10.2. The largest absolute Gasteiger partial charge is 0.422 e. The molecule has 0 aliphatic rings. The van der Waals surface area contributed by atoms with Crippen molar-refractivity contribution >= 4 is 44.7 Å². The fraction of sp³-hybridized carbons (Fsp3) is 0. The van der Waals surface area contributed by atoms with E-state index >= 15 is 0 Å². The van der Waals surface area contributed by atoms with Gasteiger partial charge in [0.15, 0.2) is 5.82 Å². The van der Waals surface area contributed by atoms with E-state index in [0.29, 0.717) is 16.5 Å². The van der Waals surface area contributed by atoms with Crippen molar-refractivity contribution in [2.24, 2.45) is 5.10 Å². The molecular weight excluding hydrogens is 552 g/mol.